The molecule has 2 heterocycles. The van der Waals surface area contributed by atoms with Gasteiger partial charge in [-0.1, -0.05) is 36.8 Å². The summed E-state index contributed by atoms with van der Waals surface area (Å²) in [6.45, 7) is 2.39. The van der Waals surface area contributed by atoms with Crippen LogP contribution in [0.3, 0.4) is 0 Å². The molecule has 8 heteroatoms. The van der Waals surface area contributed by atoms with Gasteiger partial charge in [-0.15, -0.1) is 0 Å². The molecule has 4 rings (SSSR count). The first kappa shape index (κ1) is 21.8. The van der Waals surface area contributed by atoms with E-state index in [9.17, 15) is 4.79 Å². The summed E-state index contributed by atoms with van der Waals surface area (Å²) in [7, 11) is 1.83. The highest BCUT2D eigenvalue weighted by Gasteiger charge is 2.19. The molecule has 1 amide bonds. The van der Waals surface area contributed by atoms with Gasteiger partial charge >= 0.3 is 6.09 Å². The van der Waals surface area contributed by atoms with Crippen molar-refractivity contribution in [1.82, 2.24) is 25.1 Å². The Bertz CT molecular complexity index is 1050. The zero-order chi connectivity index (χ0) is 22.3. The lowest BCUT2D eigenvalue weighted by Gasteiger charge is -2.22. The number of amides is 1. The van der Waals surface area contributed by atoms with Crippen LogP contribution in [-0.2, 0) is 24.9 Å². The van der Waals surface area contributed by atoms with Crippen LogP contribution in [-0.4, -0.2) is 31.9 Å². The molecule has 0 spiro atoms. The molecule has 1 aromatic carbocycles. The van der Waals surface area contributed by atoms with E-state index < -0.39 is 6.09 Å². The van der Waals surface area contributed by atoms with Gasteiger partial charge in [-0.25, -0.2) is 14.8 Å². The molecule has 1 aliphatic rings. The third-order valence-electron chi connectivity index (χ3n) is 5.68. The Balaban J connectivity index is 1.39. The fourth-order valence-electron chi connectivity index (χ4n) is 3.87. The number of rotatable bonds is 7. The van der Waals surface area contributed by atoms with E-state index >= 15 is 0 Å². The molecule has 168 valence electrons. The zero-order valence-corrected chi connectivity index (χ0v) is 18.6. The average Bonchev–Trinajstić information content (AvgIpc) is 3.19. The molecule has 3 aromatic rings. The van der Waals surface area contributed by atoms with E-state index in [1.54, 1.807) is 17.1 Å². The number of carbonyl (C=O) groups is 1. The van der Waals surface area contributed by atoms with E-state index in [-0.39, 0.29) is 19.3 Å². The Morgan fingerprint density at radius 1 is 1.16 bits per heavy atom. The van der Waals surface area contributed by atoms with Crippen LogP contribution >= 0.6 is 0 Å². The summed E-state index contributed by atoms with van der Waals surface area (Å²) in [5.41, 5.74) is 4.01. The van der Waals surface area contributed by atoms with Crippen LogP contribution in [0.2, 0.25) is 0 Å². The second-order valence-corrected chi connectivity index (χ2v) is 8.07. The van der Waals surface area contributed by atoms with Crippen LogP contribution in [0.25, 0.3) is 11.3 Å². The van der Waals surface area contributed by atoms with E-state index in [4.69, 9.17) is 14.5 Å². The van der Waals surface area contributed by atoms with E-state index in [0.717, 1.165) is 35.4 Å². The number of nitrogens with zero attached hydrogens (tertiary/aromatic N) is 4. The van der Waals surface area contributed by atoms with Crippen molar-refractivity contribution in [2.24, 2.45) is 7.05 Å². The predicted octanol–water partition coefficient (Wildman–Crippen LogP) is 4.32. The smallest absolute Gasteiger partial charge is 0.407 e. The molecule has 1 N–H and O–H groups in total. The van der Waals surface area contributed by atoms with E-state index in [0.29, 0.717) is 11.6 Å². The van der Waals surface area contributed by atoms with Crippen molar-refractivity contribution in [3.63, 3.8) is 0 Å². The number of nitrogens with one attached hydrogen (secondary N) is 1. The van der Waals surface area contributed by atoms with Gasteiger partial charge in [0.05, 0.1) is 30.3 Å². The topological polar surface area (TPSA) is 91.2 Å². The first-order chi connectivity index (χ1) is 15.6. The lowest BCUT2D eigenvalue weighted by molar-refractivity contribution is 0.139. The molecule has 1 saturated carbocycles. The molecule has 1 aliphatic carbocycles. The molecular formula is C24H29N5O3. The standard InChI is InChI=1S/C24H29N5O3/c1-17-23(32-19-11-7-4-8-12-19)25-14-21(28-17)20-13-27-29(2)22(20)15-26-24(30)31-16-18-9-5-3-6-10-18/h3,5-6,9-10,13-14,19H,4,7-8,11-12,15-16H2,1-2H3,(H,26,30). The quantitative estimate of drug-likeness (QED) is 0.594. The number of carbonyl (C=O) groups excluding carboxylic acids is 1. The molecule has 0 saturated heterocycles. The van der Waals surface area contributed by atoms with Crippen molar-refractivity contribution < 1.29 is 14.3 Å². The summed E-state index contributed by atoms with van der Waals surface area (Å²) in [5, 5.41) is 7.13. The van der Waals surface area contributed by atoms with Gasteiger partial charge in [0.2, 0.25) is 5.88 Å². The number of benzene rings is 1. The largest absolute Gasteiger partial charge is 0.473 e. The molecule has 0 atom stereocenters. The van der Waals surface area contributed by atoms with E-state index in [2.05, 4.69) is 15.4 Å². The zero-order valence-electron chi connectivity index (χ0n) is 18.6. The Hall–Kier alpha value is -3.42. The molecule has 32 heavy (non-hydrogen) atoms. The van der Waals surface area contributed by atoms with Crippen LogP contribution in [0.15, 0.2) is 42.7 Å². The van der Waals surface area contributed by atoms with Gasteiger partial charge in [0.15, 0.2) is 0 Å². The van der Waals surface area contributed by atoms with Crippen LogP contribution in [0.5, 0.6) is 5.88 Å². The lowest BCUT2D eigenvalue weighted by Crippen LogP contribution is -2.25. The van der Waals surface area contributed by atoms with Crippen LogP contribution in [0.4, 0.5) is 4.79 Å². The summed E-state index contributed by atoms with van der Waals surface area (Å²) in [4.78, 5) is 21.4. The number of aromatic nitrogens is 4. The fraction of sp³-hybridized carbons (Fsp3) is 0.417. The van der Waals surface area contributed by atoms with Gasteiger partial charge in [0.1, 0.15) is 18.4 Å². The lowest BCUT2D eigenvalue weighted by atomic mass is 9.98. The highest BCUT2D eigenvalue weighted by molar-refractivity contribution is 5.68. The van der Waals surface area contributed by atoms with Gasteiger partial charge in [-0.05, 0) is 38.2 Å². The summed E-state index contributed by atoms with van der Waals surface area (Å²) in [5.74, 6) is 0.591. The maximum Gasteiger partial charge on any atom is 0.407 e. The minimum Gasteiger partial charge on any atom is -0.473 e. The Morgan fingerprint density at radius 3 is 2.69 bits per heavy atom. The molecule has 2 aromatic heterocycles. The summed E-state index contributed by atoms with van der Waals surface area (Å²) < 4.78 is 13.1. The molecular weight excluding hydrogens is 406 g/mol. The highest BCUT2D eigenvalue weighted by Crippen LogP contribution is 2.26. The summed E-state index contributed by atoms with van der Waals surface area (Å²) in [6, 6.07) is 9.57. The number of hydrogen-bond acceptors (Lipinski definition) is 6. The Morgan fingerprint density at radius 2 is 1.94 bits per heavy atom. The van der Waals surface area contributed by atoms with Crippen LogP contribution < -0.4 is 10.1 Å². The Labute approximate surface area is 188 Å². The van der Waals surface area contributed by atoms with Crippen molar-refractivity contribution >= 4 is 6.09 Å². The number of alkyl carbamates (subject to hydrolysis) is 1. The van der Waals surface area contributed by atoms with Crippen molar-refractivity contribution in [3.8, 4) is 17.1 Å². The number of hydrogen-bond donors (Lipinski definition) is 1. The first-order valence-corrected chi connectivity index (χ1v) is 11.1. The summed E-state index contributed by atoms with van der Waals surface area (Å²) >= 11 is 0. The molecule has 0 bridgehead atoms. The number of ether oxygens (including phenoxy) is 2. The van der Waals surface area contributed by atoms with Crippen molar-refractivity contribution in [1.29, 1.82) is 0 Å². The molecule has 8 nitrogen and oxygen atoms in total. The second kappa shape index (κ2) is 10.3. The van der Waals surface area contributed by atoms with E-state index in [1.807, 2.05) is 44.3 Å². The molecule has 0 unspecified atom stereocenters. The van der Waals surface area contributed by atoms with Crippen molar-refractivity contribution in [3.05, 3.63) is 59.7 Å². The van der Waals surface area contributed by atoms with Gasteiger partial charge < -0.3 is 14.8 Å². The van der Waals surface area contributed by atoms with Gasteiger partial charge in [0, 0.05) is 12.6 Å². The predicted molar refractivity (Wildman–Crippen MR) is 120 cm³/mol. The maximum absolute atomic E-state index is 12.2. The molecule has 0 aliphatic heterocycles. The Kier molecular flexibility index (Phi) is 6.99. The highest BCUT2D eigenvalue weighted by atomic mass is 16.5. The van der Waals surface area contributed by atoms with Gasteiger partial charge in [0.25, 0.3) is 0 Å². The van der Waals surface area contributed by atoms with E-state index in [1.165, 1.54) is 19.3 Å². The summed E-state index contributed by atoms with van der Waals surface area (Å²) in [6.07, 6.45) is 9.01. The maximum atomic E-state index is 12.2. The minimum absolute atomic E-state index is 0.220. The fourth-order valence-corrected chi connectivity index (χ4v) is 3.87. The monoisotopic (exact) mass is 435 g/mol. The third kappa shape index (κ3) is 5.43. The van der Waals surface area contributed by atoms with Gasteiger partial charge in [-0.2, -0.15) is 5.10 Å². The molecule has 1 fully saturated rings. The first-order valence-electron chi connectivity index (χ1n) is 11.1. The van der Waals surface area contributed by atoms with Crippen LogP contribution in [0, 0.1) is 6.92 Å². The SMILES string of the molecule is Cc1nc(-c2cnn(C)c2CNC(=O)OCc2ccccc2)cnc1OC1CCCCC1. The second-order valence-electron chi connectivity index (χ2n) is 8.07. The molecule has 0 radical (unpaired) electrons. The minimum atomic E-state index is -0.487. The average molecular weight is 436 g/mol. The third-order valence-corrected chi connectivity index (χ3v) is 5.68. The van der Waals surface area contributed by atoms with Crippen molar-refractivity contribution in [2.75, 3.05) is 0 Å². The van der Waals surface area contributed by atoms with Crippen LogP contribution in [0.1, 0.15) is 49.1 Å². The number of aryl methyl sites for hydroxylation is 2. The normalized spacial score (nSPS) is 14.2. The van der Waals surface area contributed by atoms with Gasteiger partial charge in [-0.3, -0.25) is 4.68 Å². The van der Waals surface area contributed by atoms with Crippen molar-refractivity contribution in [2.45, 2.75) is 58.3 Å².